The molecule has 2 aliphatic heterocycles. The number of nitrogens with one attached hydrogen (secondary N) is 1. The number of carboxylic acid groups (broad SMARTS) is 1. The predicted octanol–water partition coefficient (Wildman–Crippen LogP) is 1.20. The maximum atomic E-state index is 12.0. The van der Waals surface area contributed by atoms with Gasteiger partial charge in [-0.1, -0.05) is 6.92 Å². The molecule has 0 aromatic carbocycles. The van der Waals surface area contributed by atoms with Crippen molar-refractivity contribution in [1.29, 1.82) is 0 Å². The molecule has 108 valence electrons. The Labute approximate surface area is 121 Å². The summed E-state index contributed by atoms with van der Waals surface area (Å²) in [6.07, 6.45) is 0. The van der Waals surface area contributed by atoms with Gasteiger partial charge in [-0.15, -0.1) is 0 Å². The number of urea groups is 1. The van der Waals surface area contributed by atoms with E-state index in [0.717, 1.165) is 11.5 Å². The van der Waals surface area contributed by atoms with Crippen molar-refractivity contribution in [3.8, 4) is 0 Å². The second kappa shape index (κ2) is 6.74. The van der Waals surface area contributed by atoms with Crippen molar-refractivity contribution >= 4 is 35.5 Å². The van der Waals surface area contributed by atoms with Crippen molar-refractivity contribution in [3.05, 3.63) is 0 Å². The van der Waals surface area contributed by atoms with E-state index >= 15 is 0 Å². The van der Waals surface area contributed by atoms with Gasteiger partial charge in [-0.05, 0) is 5.92 Å². The molecule has 0 aromatic heterocycles. The molecule has 1 unspecified atom stereocenters. The van der Waals surface area contributed by atoms with Crippen LogP contribution in [0.1, 0.15) is 6.92 Å². The Bertz CT molecular complexity index is 348. The number of hydrogen-bond acceptors (Lipinski definition) is 4. The number of carbonyl (C=O) groups excluding carboxylic acids is 1. The van der Waals surface area contributed by atoms with Gasteiger partial charge in [-0.3, -0.25) is 4.79 Å². The van der Waals surface area contributed by atoms with Gasteiger partial charge in [0.1, 0.15) is 0 Å². The average molecular weight is 304 g/mol. The van der Waals surface area contributed by atoms with Crippen LogP contribution < -0.4 is 5.32 Å². The second-order valence-electron chi connectivity index (χ2n) is 5.08. The molecule has 2 rings (SSSR count). The van der Waals surface area contributed by atoms with E-state index in [-0.39, 0.29) is 11.9 Å². The Morgan fingerprint density at radius 1 is 1.37 bits per heavy atom. The van der Waals surface area contributed by atoms with Crippen LogP contribution in [0.5, 0.6) is 0 Å². The number of carbonyl (C=O) groups is 2. The Morgan fingerprint density at radius 3 is 2.74 bits per heavy atom. The number of likely N-dealkylation sites (tertiary alicyclic amines) is 1. The zero-order chi connectivity index (χ0) is 13.8. The van der Waals surface area contributed by atoms with Crippen molar-refractivity contribution in [2.75, 3.05) is 36.9 Å². The predicted molar refractivity (Wildman–Crippen MR) is 78.8 cm³/mol. The maximum absolute atomic E-state index is 12.0. The molecule has 0 aliphatic carbocycles. The lowest BCUT2D eigenvalue weighted by Gasteiger charge is -2.23. The van der Waals surface area contributed by atoms with Gasteiger partial charge in [0.2, 0.25) is 0 Å². The number of rotatable bonds is 3. The van der Waals surface area contributed by atoms with Gasteiger partial charge in [-0.2, -0.15) is 23.5 Å². The molecular formula is C12H20N2O3S2. The van der Waals surface area contributed by atoms with E-state index in [4.69, 9.17) is 5.11 Å². The van der Waals surface area contributed by atoms with Crippen LogP contribution in [0.15, 0.2) is 0 Å². The van der Waals surface area contributed by atoms with Crippen LogP contribution in [0.3, 0.4) is 0 Å². The lowest BCUT2D eigenvalue weighted by molar-refractivity contribution is -0.142. The second-order valence-corrected chi connectivity index (χ2v) is 7.64. The van der Waals surface area contributed by atoms with E-state index in [1.54, 1.807) is 4.90 Å². The van der Waals surface area contributed by atoms with Crippen molar-refractivity contribution in [1.82, 2.24) is 10.2 Å². The first-order valence-corrected chi connectivity index (χ1v) is 8.73. The summed E-state index contributed by atoms with van der Waals surface area (Å²) in [4.78, 5) is 24.7. The first-order chi connectivity index (χ1) is 9.08. The summed E-state index contributed by atoms with van der Waals surface area (Å²) in [5.41, 5.74) is 0. The molecule has 7 heteroatoms. The highest BCUT2D eigenvalue weighted by Crippen LogP contribution is 2.24. The molecule has 2 aliphatic rings. The van der Waals surface area contributed by atoms with E-state index in [2.05, 4.69) is 5.32 Å². The third-order valence-corrected chi connectivity index (χ3v) is 6.43. The van der Waals surface area contributed by atoms with Crippen molar-refractivity contribution in [3.63, 3.8) is 0 Å². The first kappa shape index (κ1) is 14.8. The highest BCUT2D eigenvalue weighted by molar-refractivity contribution is 8.06. The largest absolute Gasteiger partial charge is 0.481 e. The fourth-order valence-electron chi connectivity index (χ4n) is 2.42. The minimum absolute atomic E-state index is 0.0304. The van der Waals surface area contributed by atoms with Crippen LogP contribution in [0.2, 0.25) is 0 Å². The topological polar surface area (TPSA) is 69.6 Å². The molecule has 0 bridgehead atoms. The van der Waals surface area contributed by atoms with Gasteiger partial charge < -0.3 is 15.3 Å². The Morgan fingerprint density at radius 2 is 2.16 bits per heavy atom. The van der Waals surface area contributed by atoms with Crippen LogP contribution in [-0.2, 0) is 4.79 Å². The van der Waals surface area contributed by atoms with Crippen molar-refractivity contribution in [2.24, 2.45) is 11.8 Å². The molecule has 0 spiro atoms. The minimum atomic E-state index is -0.804. The summed E-state index contributed by atoms with van der Waals surface area (Å²) in [6.45, 7) is 3.43. The maximum Gasteiger partial charge on any atom is 0.317 e. The molecule has 5 nitrogen and oxygen atoms in total. The molecule has 2 amide bonds. The molecule has 2 N–H and O–H groups in total. The van der Waals surface area contributed by atoms with Crippen LogP contribution in [0, 0.1) is 11.8 Å². The van der Waals surface area contributed by atoms with Crippen LogP contribution in [0.25, 0.3) is 0 Å². The number of carboxylic acids is 1. The van der Waals surface area contributed by atoms with E-state index in [1.807, 2.05) is 30.4 Å². The molecule has 0 aromatic rings. The van der Waals surface area contributed by atoms with Crippen LogP contribution >= 0.6 is 23.5 Å². The number of amides is 2. The average Bonchev–Trinajstić information content (AvgIpc) is 2.79. The molecule has 19 heavy (non-hydrogen) atoms. The monoisotopic (exact) mass is 304 g/mol. The summed E-state index contributed by atoms with van der Waals surface area (Å²) in [6, 6.07) is -0.119. The Balaban J connectivity index is 1.76. The highest BCUT2D eigenvalue weighted by atomic mass is 32.2. The van der Waals surface area contributed by atoms with Crippen molar-refractivity contribution < 1.29 is 14.7 Å². The van der Waals surface area contributed by atoms with E-state index in [0.29, 0.717) is 24.9 Å². The fourth-order valence-corrected chi connectivity index (χ4v) is 5.03. The summed E-state index contributed by atoms with van der Waals surface area (Å²) in [7, 11) is 0. The molecule has 2 saturated heterocycles. The quantitative estimate of drug-likeness (QED) is 0.820. The number of aliphatic carboxylic acids is 1. The highest BCUT2D eigenvalue weighted by Gasteiger charge is 2.36. The van der Waals surface area contributed by atoms with Gasteiger partial charge in [0.05, 0.1) is 5.92 Å². The van der Waals surface area contributed by atoms with Gasteiger partial charge in [-0.25, -0.2) is 4.79 Å². The van der Waals surface area contributed by atoms with Gasteiger partial charge >= 0.3 is 12.0 Å². The molecule has 0 saturated carbocycles. The molecule has 0 radical (unpaired) electrons. The SMILES string of the molecule is C[C@@H]1CN(C(=O)NCC2CSCCS2)C[C@H]1C(=O)O. The number of thioether (sulfide) groups is 2. The summed E-state index contributed by atoms with van der Waals surface area (Å²) < 4.78 is 0. The molecular weight excluding hydrogens is 284 g/mol. The normalized spacial score (nSPS) is 31.2. The zero-order valence-electron chi connectivity index (χ0n) is 11.0. The van der Waals surface area contributed by atoms with Gasteiger partial charge in [0.25, 0.3) is 0 Å². The Kier molecular flexibility index (Phi) is 5.27. The summed E-state index contributed by atoms with van der Waals surface area (Å²) >= 11 is 3.83. The first-order valence-electron chi connectivity index (χ1n) is 6.53. The minimum Gasteiger partial charge on any atom is -0.481 e. The molecule has 2 heterocycles. The zero-order valence-corrected chi connectivity index (χ0v) is 12.6. The molecule has 3 atom stereocenters. The van der Waals surface area contributed by atoms with E-state index in [9.17, 15) is 9.59 Å². The van der Waals surface area contributed by atoms with Gasteiger partial charge in [0, 0.05) is 42.1 Å². The van der Waals surface area contributed by atoms with E-state index < -0.39 is 11.9 Å². The van der Waals surface area contributed by atoms with Crippen LogP contribution in [0.4, 0.5) is 4.79 Å². The smallest absolute Gasteiger partial charge is 0.317 e. The fraction of sp³-hybridized carbons (Fsp3) is 0.833. The third kappa shape index (κ3) is 3.95. The lowest BCUT2D eigenvalue weighted by atomic mass is 9.99. The van der Waals surface area contributed by atoms with Crippen molar-refractivity contribution in [2.45, 2.75) is 12.2 Å². The number of hydrogen-bond donors (Lipinski definition) is 2. The Hall–Kier alpha value is -0.560. The van der Waals surface area contributed by atoms with E-state index in [1.165, 1.54) is 5.75 Å². The van der Waals surface area contributed by atoms with Crippen LogP contribution in [-0.4, -0.2) is 64.1 Å². The summed E-state index contributed by atoms with van der Waals surface area (Å²) in [5, 5.41) is 12.5. The molecule has 2 fully saturated rings. The van der Waals surface area contributed by atoms with Gasteiger partial charge in [0.15, 0.2) is 0 Å². The third-order valence-electron chi connectivity index (χ3n) is 3.58. The number of nitrogens with zero attached hydrogens (tertiary/aromatic N) is 1. The lowest BCUT2D eigenvalue weighted by Crippen LogP contribution is -2.42. The summed E-state index contributed by atoms with van der Waals surface area (Å²) in [5.74, 6) is 2.22. The standard InChI is InChI=1S/C12H20N2O3S2/c1-8-5-14(6-10(8)11(15)16)12(17)13-4-9-7-18-2-3-19-9/h8-10H,2-7H2,1H3,(H,13,17)(H,15,16)/t8-,9?,10-/m1/s1.